The maximum absolute atomic E-state index is 10.2. The van der Waals surface area contributed by atoms with Gasteiger partial charge in [-0.2, -0.15) is 0 Å². The minimum atomic E-state index is -0.929. The van der Waals surface area contributed by atoms with Crippen LogP contribution in [-0.2, 0) is 6.42 Å². The molecule has 0 amide bonds. The zero-order chi connectivity index (χ0) is 15.2. The third kappa shape index (κ3) is 2.10. The molecule has 112 valence electrons. The van der Waals surface area contributed by atoms with Gasteiger partial charge in [0.15, 0.2) is 11.5 Å². The SMILES string of the molecule is COc1c2c(c(OC)c3ccccc13)O[C@@H](C(C)(C)O)C2. The van der Waals surface area contributed by atoms with E-state index in [1.165, 1.54) is 0 Å². The third-order valence-corrected chi connectivity index (χ3v) is 4.02. The second-order valence-corrected chi connectivity index (χ2v) is 5.88. The molecule has 0 unspecified atom stereocenters. The van der Waals surface area contributed by atoms with Crippen LogP contribution in [0, 0.1) is 0 Å². The van der Waals surface area contributed by atoms with Crippen molar-refractivity contribution in [3.63, 3.8) is 0 Å². The van der Waals surface area contributed by atoms with Crippen LogP contribution in [-0.4, -0.2) is 31.0 Å². The van der Waals surface area contributed by atoms with E-state index in [0.717, 1.165) is 22.1 Å². The summed E-state index contributed by atoms with van der Waals surface area (Å²) in [5, 5.41) is 12.2. The van der Waals surface area contributed by atoms with Crippen LogP contribution in [0.4, 0.5) is 0 Å². The molecule has 0 aromatic heterocycles. The van der Waals surface area contributed by atoms with Crippen molar-refractivity contribution >= 4 is 10.8 Å². The van der Waals surface area contributed by atoms with Crippen LogP contribution in [0.15, 0.2) is 24.3 Å². The Morgan fingerprint density at radius 3 is 2.19 bits per heavy atom. The Balaban J connectivity index is 2.27. The van der Waals surface area contributed by atoms with Crippen molar-refractivity contribution in [1.29, 1.82) is 0 Å². The first-order valence-corrected chi connectivity index (χ1v) is 7.02. The highest BCUT2D eigenvalue weighted by molar-refractivity contribution is 5.97. The van der Waals surface area contributed by atoms with Crippen molar-refractivity contribution in [2.24, 2.45) is 0 Å². The molecule has 1 heterocycles. The lowest BCUT2D eigenvalue weighted by molar-refractivity contribution is -0.0235. The van der Waals surface area contributed by atoms with E-state index in [-0.39, 0.29) is 6.10 Å². The van der Waals surface area contributed by atoms with Crippen LogP contribution in [0.25, 0.3) is 10.8 Å². The molecule has 3 rings (SSSR count). The molecule has 1 aliphatic rings. The van der Waals surface area contributed by atoms with Gasteiger partial charge in [0, 0.05) is 22.8 Å². The molecule has 2 aromatic rings. The van der Waals surface area contributed by atoms with Gasteiger partial charge in [0.2, 0.25) is 0 Å². The standard InChI is InChI=1S/C17H20O4/c1-17(2,18)13-9-12-14(19-3)10-7-5-6-8-11(10)15(20-4)16(12)21-13/h5-8,13,18H,9H2,1-4H3/t13-/m1/s1. The molecule has 1 aliphatic heterocycles. The molecule has 0 bridgehead atoms. The van der Waals surface area contributed by atoms with E-state index in [4.69, 9.17) is 14.2 Å². The fourth-order valence-electron chi connectivity index (χ4n) is 2.91. The highest BCUT2D eigenvalue weighted by Gasteiger charge is 2.39. The Morgan fingerprint density at radius 1 is 1.10 bits per heavy atom. The minimum absolute atomic E-state index is 0.313. The van der Waals surface area contributed by atoms with Crippen LogP contribution >= 0.6 is 0 Å². The van der Waals surface area contributed by atoms with Gasteiger partial charge in [0.1, 0.15) is 11.9 Å². The Labute approximate surface area is 124 Å². The summed E-state index contributed by atoms with van der Waals surface area (Å²) in [5.41, 5.74) is 0.0292. The van der Waals surface area contributed by atoms with Crippen molar-refractivity contribution in [2.45, 2.75) is 32.0 Å². The van der Waals surface area contributed by atoms with Crippen molar-refractivity contribution in [2.75, 3.05) is 14.2 Å². The van der Waals surface area contributed by atoms with Gasteiger partial charge in [-0.15, -0.1) is 0 Å². The number of ether oxygens (including phenoxy) is 3. The van der Waals surface area contributed by atoms with Crippen molar-refractivity contribution in [1.82, 2.24) is 0 Å². The van der Waals surface area contributed by atoms with Crippen molar-refractivity contribution < 1.29 is 19.3 Å². The van der Waals surface area contributed by atoms with Gasteiger partial charge in [-0.25, -0.2) is 0 Å². The summed E-state index contributed by atoms with van der Waals surface area (Å²) < 4.78 is 17.2. The maximum Gasteiger partial charge on any atom is 0.169 e. The summed E-state index contributed by atoms with van der Waals surface area (Å²) in [5.74, 6) is 2.18. The second-order valence-electron chi connectivity index (χ2n) is 5.88. The zero-order valence-electron chi connectivity index (χ0n) is 12.8. The van der Waals surface area contributed by atoms with Gasteiger partial charge in [0.25, 0.3) is 0 Å². The molecule has 1 N–H and O–H groups in total. The molecule has 0 radical (unpaired) electrons. The molecular weight excluding hydrogens is 268 g/mol. The van der Waals surface area contributed by atoms with Gasteiger partial charge >= 0.3 is 0 Å². The number of aliphatic hydroxyl groups is 1. The lowest BCUT2D eigenvalue weighted by Crippen LogP contribution is -2.39. The first-order chi connectivity index (χ1) is 9.97. The Kier molecular flexibility index (Phi) is 3.21. The van der Waals surface area contributed by atoms with Gasteiger partial charge in [-0.05, 0) is 13.8 Å². The fraction of sp³-hybridized carbons (Fsp3) is 0.412. The van der Waals surface area contributed by atoms with Crippen LogP contribution in [0.2, 0.25) is 0 Å². The number of benzene rings is 2. The van der Waals surface area contributed by atoms with Gasteiger partial charge in [0.05, 0.1) is 19.8 Å². The minimum Gasteiger partial charge on any atom is -0.496 e. The Morgan fingerprint density at radius 2 is 1.67 bits per heavy atom. The van der Waals surface area contributed by atoms with Crippen molar-refractivity contribution in [3.05, 3.63) is 29.8 Å². The molecule has 21 heavy (non-hydrogen) atoms. The molecule has 0 fully saturated rings. The quantitative estimate of drug-likeness (QED) is 0.943. The highest BCUT2D eigenvalue weighted by atomic mass is 16.5. The molecule has 0 saturated heterocycles. The largest absolute Gasteiger partial charge is 0.496 e. The normalized spacial score (nSPS) is 17.5. The summed E-state index contributed by atoms with van der Waals surface area (Å²) in [6, 6.07) is 7.92. The van der Waals surface area contributed by atoms with E-state index in [1.54, 1.807) is 28.1 Å². The predicted octanol–water partition coefficient (Wildman–Crippen LogP) is 2.93. The number of hydrogen-bond acceptors (Lipinski definition) is 4. The Bertz CT molecular complexity index is 633. The molecular formula is C17H20O4. The zero-order valence-corrected chi connectivity index (χ0v) is 12.8. The topological polar surface area (TPSA) is 47.9 Å². The number of rotatable bonds is 3. The molecule has 2 aromatic carbocycles. The summed E-state index contributed by atoms with van der Waals surface area (Å²) in [6.45, 7) is 3.50. The van der Waals surface area contributed by atoms with Crippen LogP contribution in [0.3, 0.4) is 0 Å². The van der Waals surface area contributed by atoms with Gasteiger partial charge in [-0.1, -0.05) is 24.3 Å². The van der Waals surface area contributed by atoms with E-state index in [2.05, 4.69) is 0 Å². The van der Waals surface area contributed by atoms with Crippen LogP contribution < -0.4 is 14.2 Å². The van der Waals surface area contributed by atoms with Gasteiger partial charge < -0.3 is 19.3 Å². The maximum atomic E-state index is 10.2. The lowest BCUT2D eigenvalue weighted by atomic mass is 9.95. The smallest absolute Gasteiger partial charge is 0.169 e. The third-order valence-electron chi connectivity index (χ3n) is 4.02. The molecule has 4 nitrogen and oxygen atoms in total. The van der Waals surface area contributed by atoms with E-state index < -0.39 is 5.60 Å². The first-order valence-electron chi connectivity index (χ1n) is 7.02. The molecule has 4 heteroatoms. The Hall–Kier alpha value is -1.94. The molecule has 0 saturated carbocycles. The van der Waals surface area contributed by atoms with E-state index >= 15 is 0 Å². The van der Waals surface area contributed by atoms with E-state index in [1.807, 2.05) is 24.3 Å². The molecule has 0 aliphatic carbocycles. The molecule has 0 spiro atoms. The predicted molar refractivity (Wildman–Crippen MR) is 81.5 cm³/mol. The summed E-state index contributed by atoms with van der Waals surface area (Å²) in [7, 11) is 3.29. The number of methoxy groups -OCH3 is 2. The second kappa shape index (κ2) is 4.81. The van der Waals surface area contributed by atoms with E-state index in [0.29, 0.717) is 17.9 Å². The van der Waals surface area contributed by atoms with E-state index in [9.17, 15) is 5.11 Å². The number of fused-ring (bicyclic) bond motifs is 2. The fourth-order valence-corrected chi connectivity index (χ4v) is 2.91. The first kappa shape index (κ1) is 14.0. The van der Waals surface area contributed by atoms with Gasteiger partial charge in [-0.3, -0.25) is 0 Å². The lowest BCUT2D eigenvalue weighted by Gasteiger charge is -2.24. The summed E-state index contributed by atoms with van der Waals surface area (Å²) >= 11 is 0. The van der Waals surface area contributed by atoms with Crippen LogP contribution in [0.5, 0.6) is 17.2 Å². The van der Waals surface area contributed by atoms with Crippen LogP contribution in [0.1, 0.15) is 19.4 Å². The summed E-state index contributed by atoms with van der Waals surface area (Å²) in [4.78, 5) is 0. The highest BCUT2D eigenvalue weighted by Crippen LogP contribution is 2.50. The van der Waals surface area contributed by atoms with Crippen molar-refractivity contribution in [3.8, 4) is 17.2 Å². The monoisotopic (exact) mass is 288 g/mol. The average molecular weight is 288 g/mol. The summed E-state index contributed by atoms with van der Waals surface area (Å²) in [6.07, 6.45) is 0.288. The molecule has 1 atom stereocenters. The number of hydrogen-bond donors (Lipinski definition) is 1. The average Bonchev–Trinajstić information content (AvgIpc) is 2.89.